The highest BCUT2D eigenvalue weighted by Crippen LogP contribution is 2.15. The Kier molecular flexibility index (Phi) is 3.72. The largest absolute Gasteiger partial charge is 0.359 e. The van der Waals surface area contributed by atoms with Gasteiger partial charge in [-0.2, -0.15) is 0 Å². The predicted octanol–water partition coefficient (Wildman–Crippen LogP) is 2.86. The number of halogens is 1. The second-order valence-electron chi connectivity index (χ2n) is 1.92. The van der Waals surface area contributed by atoms with Crippen molar-refractivity contribution in [2.24, 2.45) is 0 Å². The summed E-state index contributed by atoms with van der Waals surface area (Å²) in [5, 5.41) is 3.70. The molecular formula is C7H8BrNOS. The second kappa shape index (κ2) is 4.62. The van der Waals surface area contributed by atoms with Gasteiger partial charge in [0.15, 0.2) is 0 Å². The van der Waals surface area contributed by atoms with E-state index >= 15 is 0 Å². The first kappa shape index (κ1) is 8.87. The highest BCUT2D eigenvalue weighted by atomic mass is 79.9. The lowest BCUT2D eigenvalue weighted by atomic mass is 10.5. The van der Waals surface area contributed by atoms with Gasteiger partial charge in [-0.3, -0.25) is 0 Å². The van der Waals surface area contributed by atoms with E-state index in [1.54, 1.807) is 11.8 Å². The molecule has 0 spiro atoms. The minimum atomic E-state index is 0.756. The monoisotopic (exact) mass is 233 g/mol. The summed E-state index contributed by atoms with van der Waals surface area (Å²) in [5.74, 6) is 2.69. The lowest BCUT2D eigenvalue weighted by Crippen LogP contribution is -1.75. The Morgan fingerprint density at radius 3 is 3.18 bits per heavy atom. The van der Waals surface area contributed by atoms with Gasteiger partial charge in [0.2, 0.25) is 0 Å². The van der Waals surface area contributed by atoms with E-state index in [9.17, 15) is 0 Å². The van der Waals surface area contributed by atoms with E-state index in [0.717, 1.165) is 21.9 Å². The highest BCUT2D eigenvalue weighted by Gasteiger charge is 1.99. The number of aromatic nitrogens is 1. The molecule has 0 unspecified atom stereocenters. The quantitative estimate of drug-likeness (QED) is 0.591. The molecule has 1 heterocycles. The second-order valence-corrected chi connectivity index (χ2v) is 3.76. The van der Waals surface area contributed by atoms with Crippen molar-refractivity contribution in [3.8, 4) is 0 Å². The number of hydrogen-bond donors (Lipinski definition) is 0. The molecule has 11 heavy (non-hydrogen) atoms. The summed E-state index contributed by atoms with van der Waals surface area (Å²) < 4.78 is 5.72. The molecule has 0 fully saturated rings. The average Bonchev–Trinajstić information content (AvgIpc) is 2.37. The van der Waals surface area contributed by atoms with Crippen molar-refractivity contribution in [1.29, 1.82) is 0 Å². The first-order valence-corrected chi connectivity index (χ1v) is 5.07. The van der Waals surface area contributed by atoms with E-state index in [1.807, 2.05) is 12.1 Å². The summed E-state index contributed by atoms with van der Waals surface area (Å²) in [4.78, 5) is 0. The van der Waals surface area contributed by atoms with Crippen molar-refractivity contribution in [1.82, 2.24) is 5.16 Å². The van der Waals surface area contributed by atoms with Crippen LogP contribution in [0, 0.1) is 0 Å². The van der Waals surface area contributed by atoms with E-state index in [4.69, 9.17) is 4.52 Å². The van der Waals surface area contributed by atoms with Crippen LogP contribution in [0.4, 0.5) is 0 Å². The van der Waals surface area contributed by atoms with Crippen LogP contribution >= 0.6 is 27.7 Å². The molecule has 0 amide bonds. The Hall–Kier alpha value is -0.220. The van der Waals surface area contributed by atoms with Gasteiger partial charge in [0.25, 0.3) is 0 Å². The molecule has 0 N–H and O–H groups in total. The van der Waals surface area contributed by atoms with Crippen LogP contribution in [0.2, 0.25) is 0 Å². The van der Waals surface area contributed by atoms with Gasteiger partial charge >= 0.3 is 0 Å². The molecular weight excluding hydrogens is 226 g/mol. The topological polar surface area (TPSA) is 26.0 Å². The Morgan fingerprint density at radius 2 is 2.64 bits per heavy atom. The fraction of sp³-hybridized carbons (Fsp3) is 0.286. The fourth-order valence-electron chi connectivity index (χ4n) is 0.599. The molecule has 60 valence electrons. The molecule has 0 saturated heterocycles. The fourth-order valence-corrected chi connectivity index (χ4v) is 1.55. The van der Waals surface area contributed by atoms with Gasteiger partial charge in [0, 0.05) is 11.8 Å². The van der Waals surface area contributed by atoms with E-state index in [0.29, 0.717) is 0 Å². The van der Waals surface area contributed by atoms with E-state index in [1.165, 1.54) is 0 Å². The molecule has 0 saturated carbocycles. The van der Waals surface area contributed by atoms with E-state index in [-0.39, 0.29) is 0 Å². The highest BCUT2D eigenvalue weighted by molar-refractivity contribution is 9.10. The van der Waals surface area contributed by atoms with Crippen molar-refractivity contribution >= 4 is 27.7 Å². The first-order chi connectivity index (χ1) is 5.33. The van der Waals surface area contributed by atoms with E-state index in [2.05, 4.69) is 27.7 Å². The van der Waals surface area contributed by atoms with Gasteiger partial charge in [-0.1, -0.05) is 11.2 Å². The number of nitrogens with zero attached hydrogens (tertiary/aromatic N) is 1. The molecule has 1 aromatic heterocycles. The summed E-state index contributed by atoms with van der Waals surface area (Å²) in [7, 11) is 0. The number of rotatable bonds is 4. The first-order valence-electron chi connectivity index (χ1n) is 3.12. The number of hydrogen-bond acceptors (Lipinski definition) is 3. The maximum absolute atomic E-state index is 4.96. The smallest absolute Gasteiger partial charge is 0.149 e. The lowest BCUT2D eigenvalue weighted by molar-refractivity contribution is 0.391. The van der Waals surface area contributed by atoms with Gasteiger partial charge in [-0.15, -0.1) is 18.3 Å². The van der Waals surface area contributed by atoms with Gasteiger partial charge in [-0.05, 0) is 15.9 Å². The van der Waals surface area contributed by atoms with Crippen molar-refractivity contribution in [3.05, 3.63) is 29.1 Å². The van der Waals surface area contributed by atoms with Crippen LogP contribution in [0.5, 0.6) is 0 Å². The van der Waals surface area contributed by atoms with Crippen molar-refractivity contribution in [2.45, 2.75) is 5.75 Å². The van der Waals surface area contributed by atoms with Crippen LogP contribution in [0.1, 0.15) is 5.76 Å². The zero-order valence-corrected chi connectivity index (χ0v) is 8.32. The number of thioether (sulfide) groups is 1. The predicted molar refractivity (Wildman–Crippen MR) is 50.6 cm³/mol. The van der Waals surface area contributed by atoms with Crippen molar-refractivity contribution in [3.63, 3.8) is 0 Å². The minimum Gasteiger partial charge on any atom is -0.359 e. The molecule has 0 radical (unpaired) electrons. The standard InChI is InChI=1S/C7H8BrNOS/c1-2-3-11-5-6-4-7(8)9-10-6/h2,4H,1,3,5H2. The molecule has 0 aromatic carbocycles. The molecule has 0 aliphatic rings. The Labute approximate surface area is 78.2 Å². The Balaban J connectivity index is 2.32. The summed E-state index contributed by atoms with van der Waals surface area (Å²) in [6, 6.07) is 1.87. The van der Waals surface area contributed by atoms with Crippen LogP contribution in [-0.4, -0.2) is 10.9 Å². The molecule has 0 aliphatic carbocycles. The van der Waals surface area contributed by atoms with Gasteiger partial charge in [0.05, 0.1) is 5.75 Å². The maximum atomic E-state index is 4.96. The third kappa shape index (κ3) is 3.12. The summed E-state index contributed by atoms with van der Waals surface area (Å²) in [5.41, 5.74) is 0. The van der Waals surface area contributed by atoms with Gasteiger partial charge in [0.1, 0.15) is 10.4 Å². The SMILES string of the molecule is C=CCSCc1cc(Br)no1. The molecule has 0 atom stereocenters. The van der Waals surface area contributed by atoms with Crippen LogP contribution < -0.4 is 0 Å². The molecule has 1 aromatic rings. The molecule has 0 bridgehead atoms. The van der Waals surface area contributed by atoms with Gasteiger partial charge < -0.3 is 4.52 Å². The molecule has 4 heteroatoms. The maximum Gasteiger partial charge on any atom is 0.149 e. The Bertz CT molecular complexity index is 236. The lowest BCUT2D eigenvalue weighted by Gasteiger charge is -1.90. The normalized spacial score (nSPS) is 9.91. The molecule has 0 aliphatic heterocycles. The Morgan fingerprint density at radius 1 is 1.82 bits per heavy atom. The van der Waals surface area contributed by atoms with Gasteiger partial charge in [-0.25, -0.2) is 0 Å². The summed E-state index contributed by atoms with van der Waals surface area (Å²) in [6.45, 7) is 3.62. The molecule has 1 rings (SSSR count). The third-order valence-corrected chi connectivity index (χ3v) is 2.34. The zero-order chi connectivity index (χ0) is 8.10. The third-order valence-electron chi connectivity index (χ3n) is 1.01. The van der Waals surface area contributed by atoms with Crippen LogP contribution in [-0.2, 0) is 5.75 Å². The van der Waals surface area contributed by atoms with Crippen molar-refractivity contribution < 1.29 is 4.52 Å². The van der Waals surface area contributed by atoms with Crippen molar-refractivity contribution in [2.75, 3.05) is 5.75 Å². The van der Waals surface area contributed by atoms with Crippen LogP contribution in [0.3, 0.4) is 0 Å². The molecule has 2 nitrogen and oxygen atoms in total. The zero-order valence-electron chi connectivity index (χ0n) is 5.92. The minimum absolute atomic E-state index is 0.756. The average molecular weight is 234 g/mol. The summed E-state index contributed by atoms with van der Waals surface area (Å²) >= 11 is 4.95. The summed E-state index contributed by atoms with van der Waals surface area (Å²) in [6.07, 6.45) is 1.87. The van der Waals surface area contributed by atoms with E-state index < -0.39 is 0 Å². The van der Waals surface area contributed by atoms with Crippen LogP contribution in [0.15, 0.2) is 27.8 Å². The van der Waals surface area contributed by atoms with Crippen LogP contribution in [0.25, 0.3) is 0 Å².